The van der Waals surface area contributed by atoms with E-state index in [0.717, 1.165) is 29.7 Å². The first kappa shape index (κ1) is 23.5. The molecule has 7 nitrogen and oxygen atoms in total. The van der Waals surface area contributed by atoms with Crippen LogP contribution in [-0.2, 0) is 17.7 Å². The van der Waals surface area contributed by atoms with Crippen LogP contribution in [0.2, 0.25) is 0 Å². The third-order valence-corrected chi connectivity index (χ3v) is 4.52. The Hall–Kier alpha value is -2.80. The molecule has 1 aromatic heterocycles. The number of fused-ring (bicyclic) bond motifs is 3. The molecule has 0 atom stereocenters. The number of methoxy groups -OCH3 is 1. The molecule has 1 aromatic carbocycles. The van der Waals surface area contributed by atoms with E-state index in [1.165, 1.54) is 18.7 Å². The summed E-state index contributed by atoms with van der Waals surface area (Å²) in [4.78, 5) is 23.5. The van der Waals surface area contributed by atoms with Crippen molar-refractivity contribution < 1.29 is 24.1 Å². The topological polar surface area (TPSA) is 87.0 Å². The second-order valence-electron chi connectivity index (χ2n) is 7.00. The number of hydrogen-bond donors (Lipinski definition) is 1. The number of rotatable bonds is 7. The van der Waals surface area contributed by atoms with Gasteiger partial charge in [-0.05, 0) is 18.1 Å². The van der Waals surface area contributed by atoms with Gasteiger partial charge in [0.25, 0.3) is 0 Å². The third-order valence-electron chi connectivity index (χ3n) is 4.52. The molecule has 2 aromatic rings. The van der Waals surface area contributed by atoms with Crippen LogP contribution in [0.3, 0.4) is 0 Å². The van der Waals surface area contributed by atoms with Crippen molar-refractivity contribution in [1.29, 1.82) is 0 Å². The van der Waals surface area contributed by atoms with Crippen molar-refractivity contribution in [3.63, 3.8) is 0 Å². The van der Waals surface area contributed by atoms with Gasteiger partial charge in [-0.1, -0.05) is 27.2 Å². The highest BCUT2D eigenvalue weighted by Crippen LogP contribution is 2.37. The number of ether oxygens (including phenoxy) is 3. The number of carboxylic acid groups (broad SMARTS) is 1. The highest BCUT2D eigenvalue weighted by molar-refractivity contribution is 5.87. The maximum atomic E-state index is 12.2. The predicted octanol–water partition coefficient (Wildman–Crippen LogP) is 4.00. The fourth-order valence-electron chi connectivity index (χ4n) is 3.13. The molecule has 0 spiro atoms. The van der Waals surface area contributed by atoms with Gasteiger partial charge in [-0.3, -0.25) is 4.79 Å². The number of aromatic carboxylic acids is 1. The third kappa shape index (κ3) is 5.63. The van der Waals surface area contributed by atoms with Crippen molar-refractivity contribution in [3.8, 4) is 22.8 Å². The first-order valence-electron chi connectivity index (χ1n) is 10.4. The minimum Gasteiger partial charge on any atom is -0.493 e. The molecule has 0 saturated heterocycles. The molecule has 30 heavy (non-hydrogen) atoms. The van der Waals surface area contributed by atoms with Crippen molar-refractivity contribution in [2.45, 2.75) is 46.6 Å². The Morgan fingerprint density at radius 3 is 2.57 bits per heavy atom. The quantitative estimate of drug-likeness (QED) is 0.685. The van der Waals surface area contributed by atoms with Crippen molar-refractivity contribution in [2.75, 3.05) is 26.9 Å². The summed E-state index contributed by atoms with van der Waals surface area (Å²) in [5, 5.41) is 9.20. The summed E-state index contributed by atoms with van der Waals surface area (Å²) in [5.41, 5.74) is 1.66. The lowest BCUT2D eigenvalue weighted by Crippen LogP contribution is -2.19. The van der Waals surface area contributed by atoms with Crippen LogP contribution in [-0.4, -0.2) is 42.6 Å². The van der Waals surface area contributed by atoms with E-state index in [0.29, 0.717) is 37.8 Å². The standard InChI is InChI=1S/C20H23NO6.C3H8/c1-3-13-9-14-16-10-17(22)15(20(23)24)12-21(16)5-8-27-19(14)11-18(13)26-7-4-6-25-2;1-3-2/h9-12H,3-8H2,1-2H3,(H,23,24);3H2,1-2H3. The van der Waals surface area contributed by atoms with Gasteiger partial charge >= 0.3 is 5.97 Å². The molecule has 0 fully saturated rings. The van der Waals surface area contributed by atoms with Gasteiger partial charge < -0.3 is 23.9 Å². The Kier molecular flexibility index (Phi) is 8.92. The van der Waals surface area contributed by atoms with Crippen LogP contribution in [0.15, 0.2) is 29.2 Å². The van der Waals surface area contributed by atoms with Crippen LogP contribution in [0.1, 0.15) is 49.5 Å². The van der Waals surface area contributed by atoms with Gasteiger partial charge in [-0.15, -0.1) is 0 Å². The maximum absolute atomic E-state index is 12.2. The molecule has 2 heterocycles. The summed E-state index contributed by atoms with van der Waals surface area (Å²) in [6.45, 7) is 8.28. The number of hydrogen-bond acceptors (Lipinski definition) is 5. The fraction of sp³-hybridized carbons (Fsp3) is 0.478. The zero-order chi connectivity index (χ0) is 22.1. The minimum absolute atomic E-state index is 0.240. The summed E-state index contributed by atoms with van der Waals surface area (Å²) in [6.07, 6.45) is 4.18. The van der Waals surface area contributed by atoms with Crippen molar-refractivity contribution in [1.82, 2.24) is 4.57 Å². The maximum Gasteiger partial charge on any atom is 0.341 e. The zero-order valence-corrected chi connectivity index (χ0v) is 18.2. The van der Waals surface area contributed by atoms with E-state index >= 15 is 0 Å². The van der Waals surface area contributed by atoms with Crippen molar-refractivity contribution in [3.05, 3.63) is 45.7 Å². The lowest BCUT2D eigenvalue weighted by atomic mass is 10.0. The number of carboxylic acids is 1. The van der Waals surface area contributed by atoms with Crippen molar-refractivity contribution >= 4 is 5.97 Å². The summed E-state index contributed by atoms with van der Waals surface area (Å²) in [6, 6.07) is 5.18. The molecular formula is C23H31NO6. The molecule has 1 aliphatic heterocycles. The Balaban J connectivity index is 0.00000101. The summed E-state index contributed by atoms with van der Waals surface area (Å²) in [7, 11) is 1.66. The molecule has 0 aliphatic carbocycles. The van der Waals surface area contributed by atoms with E-state index < -0.39 is 11.4 Å². The van der Waals surface area contributed by atoms with Crippen LogP contribution in [0.25, 0.3) is 11.3 Å². The highest BCUT2D eigenvalue weighted by Gasteiger charge is 2.21. The molecule has 1 N–H and O–H groups in total. The zero-order valence-electron chi connectivity index (χ0n) is 18.2. The Morgan fingerprint density at radius 1 is 1.20 bits per heavy atom. The summed E-state index contributed by atoms with van der Waals surface area (Å²) < 4.78 is 18.6. The van der Waals surface area contributed by atoms with Gasteiger partial charge in [0.15, 0.2) is 5.43 Å². The first-order chi connectivity index (χ1) is 14.5. The van der Waals surface area contributed by atoms with Gasteiger partial charge in [0.2, 0.25) is 0 Å². The summed E-state index contributed by atoms with van der Waals surface area (Å²) in [5.74, 6) is 0.155. The molecule has 1 aliphatic rings. The second-order valence-corrected chi connectivity index (χ2v) is 7.00. The number of benzene rings is 1. The molecule has 164 valence electrons. The van der Waals surface area contributed by atoms with Gasteiger partial charge in [0.05, 0.1) is 18.8 Å². The van der Waals surface area contributed by atoms with Crippen LogP contribution in [0.5, 0.6) is 11.5 Å². The molecule has 0 saturated carbocycles. The van der Waals surface area contributed by atoms with Crippen LogP contribution >= 0.6 is 0 Å². The summed E-state index contributed by atoms with van der Waals surface area (Å²) >= 11 is 0. The smallest absolute Gasteiger partial charge is 0.341 e. The van der Waals surface area contributed by atoms with E-state index in [9.17, 15) is 14.7 Å². The molecule has 7 heteroatoms. The van der Waals surface area contributed by atoms with E-state index in [-0.39, 0.29) is 5.56 Å². The molecule has 3 rings (SSSR count). The Labute approximate surface area is 177 Å². The SMILES string of the molecule is CCC.CCc1cc2c(cc1OCCCOC)OCCn1cc(C(=O)O)c(=O)cc1-2. The lowest BCUT2D eigenvalue weighted by molar-refractivity contribution is 0.0694. The van der Waals surface area contributed by atoms with Crippen molar-refractivity contribution in [2.24, 2.45) is 0 Å². The van der Waals surface area contributed by atoms with Crippen LogP contribution in [0, 0.1) is 0 Å². The average molecular weight is 418 g/mol. The number of nitrogens with zero attached hydrogens (tertiary/aromatic N) is 1. The Bertz CT molecular complexity index is 919. The molecular weight excluding hydrogens is 386 g/mol. The average Bonchev–Trinajstić information content (AvgIpc) is 2.89. The molecule has 0 bridgehead atoms. The molecule has 0 radical (unpaired) electrons. The predicted molar refractivity (Wildman–Crippen MR) is 116 cm³/mol. The highest BCUT2D eigenvalue weighted by atomic mass is 16.5. The largest absolute Gasteiger partial charge is 0.493 e. The number of carbonyl (C=O) groups is 1. The van der Waals surface area contributed by atoms with E-state index in [2.05, 4.69) is 13.8 Å². The van der Waals surface area contributed by atoms with Gasteiger partial charge in [0.1, 0.15) is 23.7 Å². The fourth-order valence-corrected chi connectivity index (χ4v) is 3.13. The number of aryl methyl sites for hydroxylation is 1. The van der Waals surface area contributed by atoms with Gasteiger partial charge in [-0.2, -0.15) is 0 Å². The monoisotopic (exact) mass is 417 g/mol. The van der Waals surface area contributed by atoms with Gasteiger partial charge in [-0.25, -0.2) is 4.79 Å². The van der Waals surface area contributed by atoms with E-state index in [1.807, 2.05) is 19.1 Å². The number of aromatic nitrogens is 1. The second kappa shape index (κ2) is 11.4. The molecule has 0 unspecified atom stereocenters. The minimum atomic E-state index is -1.23. The number of pyridine rings is 1. The van der Waals surface area contributed by atoms with Crippen LogP contribution < -0.4 is 14.9 Å². The van der Waals surface area contributed by atoms with E-state index in [1.54, 1.807) is 11.7 Å². The van der Waals surface area contributed by atoms with Gasteiger partial charge in [0, 0.05) is 44.0 Å². The normalized spacial score (nSPS) is 11.9. The van der Waals surface area contributed by atoms with Crippen LogP contribution in [0.4, 0.5) is 0 Å². The molecule has 0 amide bonds. The Morgan fingerprint density at radius 2 is 1.93 bits per heavy atom. The first-order valence-corrected chi connectivity index (χ1v) is 10.4. The van der Waals surface area contributed by atoms with E-state index in [4.69, 9.17) is 14.2 Å². The lowest BCUT2D eigenvalue weighted by Gasteiger charge is -2.16.